The van der Waals surface area contributed by atoms with Crippen molar-refractivity contribution in [3.63, 3.8) is 0 Å². The van der Waals surface area contributed by atoms with Crippen molar-refractivity contribution >= 4 is 5.97 Å². The number of carbonyl (C=O) groups is 1. The minimum atomic E-state index is -0.796. The molecule has 4 heteroatoms. The van der Waals surface area contributed by atoms with Crippen LogP contribution in [0.2, 0.25) is 0 Å². The van der Waals surface area contributed by atoms with E-state index < -0.39 is 11.9 Å². The first kappa shape index (κ1) is 11.9. The van der Waals surface area contributed by atoms with Crippen molar-refractivity contribution in [3.8, 4) is 5.75 Å². The van der Waals surface area contributed by atoms with Crippen molar-refractivity contribution in [2.75, 3.05) is 0 Å². The molecule has 1 aliphatic rings. The van der Waals surface area contributed by atoms with Gasteiger partial charge in [-0.25, -0.2) is 0 Å². The monoisotopic (exact) mass is 235 g/mol. The Morgan fingerprint density at radius 3 is 2.59 bits per heavy atom. The number of ether oxygens (including phenoxy) is 1. The highest BCUT2D eigenvalue weighted by Gasteiger charge is 2.33. The van der Waals surface area contributed by atoms with Crippen molar-refractivity contribution in [3.05, 3.63) is 30.3 Å². The second-order valence-corrected chi connectivity index (χ2v) is 4.47. The van der Waals surface area contributed by atoms with Gasteiger partial charge in [0.25, 0.3) is 0 Å². The van der Waals surface area contributed by atoms with Crippen LogP contribution in [0.4, 0.5) is 0 Å². The summed E-state index contributed by atoms with van der Waals surface area (Å²) in [5.41, 5.74) is 5.86. The van der Waals surface area contributed by atoms with Gasteiger partial charge in [0, 0.05) is 12.5 Å². The Balaban J connectivity index is 1.92. The molecule has 0 saturated heterocycles. The lowest BCUT2D eigenvalue weighted by Crippen LogP contribution is -2.44. The van der Waals surface area contributed by atoms with E-state index in [9.17, 15) is 4.79 Å². The molecule has 1 aromatic rings. The first-order chi connectivity index (χ1) is 8.16. The molecular formula is C13H17NO3. The number of hydrogen-bond donors (Lipinski definition) is 2. The summed E-state index contributed by atoms with van der Waals surface area (Å²) >= 11 is 0. The summed E-state index contributed by atoms with van der Waals surface area (Å²) in [5, 5.41) is 8.96. The van der Waals surface area contributed by atoms with Crippen LogP contribution in [-0.2, 0) is 4.79 Å². The molecule has 0 aliphatic heterocycles. The zero-order valence-corrected chi connectivity index (χ0v) is 9.58. The topological polar surface area (TPSA) is 72.5 Å². The number of para-hydroxylation sites is 1. The maximum Gasteiger partial charge on any atom is 0.308 e. The molecular weight excluding hydrogens is 218 g/mol. The predicted octanol–water partition coefficient (Wildman–Crippen LogP) is 1.65. The Morgan fingerprint density at radius 2 is 2.00 bits per heavy atom. The van der Waals surface area contributed by atoms with Crippen LogP contribution >= 0.6 is 0 Å². The lowest BCUT2D eigenvalue weighted by atomic mass is 9.83. The van der Waals surface area contributed by atoms with Gasteiger partial charge in [0.05, 0.1) is 5.92 Å². The normalized spacial score (nSPS) is 28.6. The van der Waals surface area contributed by atoms with Crippen LogP contribution in [0.25, 0.3) is 0 Å². The molecule has 0 amide bonds. The number of benzene rings is 1. The number of hydrogen-bond acceptors (Lipinski definition) is 3. The van der Waals surface area contributed by atoms with Crippen LogP contribution in [0.3, 0.4) is 0 Å². The molecule has 17 heavy (non-hydrogen) atoms. The third-order valence-electron chi connectivity index (χ3n) is 3.21. The van der Waals surface area contributed by atoms with Crippen molar-refractivity contribution in [2.24, 2.45) is 11.7 Å². The summed E-state index contributed by atoms with van der Waals surface area (Å²) in [6.07, 6.45) is 1.97. The van der Waals surface area contributed by atoms with Gasteiger partial charge in [-0.1, -0.05) is 18.2 Å². The molecule has 1 saturated carbocycles. The summed E-state index contributed by atoms with van der Waals surface area (Å²) in [7, 11) is 0. The molecule has 0 aromatic heterocycles. The zero-order chi connectivity index (χ0) is 12.3. The Morgan fingerprint density at radius 1 is 1.29 bits per heavy atom. The van der Waals surface area contributed by atoms with Gasteiger partial charge in [-0.15, -0.1) is 0 Å². The maximum absolute atomic E-state index is 10.9. The number of carboxylic acids is 1. The van der Waals surface area contributed by atoms with E-state index in [0.717, 1.165) is 12.2 Å². The average molecular weight is 235 g/mol. The van der Waals surface area contributed by atoms with Crippen LogP contribution in [0.15, 0.2) is 30.3 Å². The summed E-state index contributed by atoms with van der Waals surface area (Å²) in [5.74, 6) is -0.403. The smallest absolute Gasteiger partial charge is 0.308 e. The van der Waals surface area contributed by atoms with Crippen LogP contribution in [0.1, 0.15) is 19.3 Å². The van der Waals surface area contributed by atoms with Gasteiger partial charge in [-0.2, -0.15) is 0 Å². The SMILES string of the molecule is NC1CC(Oc2ccccc2)CCC1C(=O)O. The van der Waals surface area contributed by atoms with Crippen molar-refractivity contribution in [1.82, 2.24) is 0 Å². The lowest BCUT2D eigenvalue weighted by molar-refractivity contribution is -0.144. The molecule has 4 nitrogen and oxygen atoms in total. The zero-order valence-electron chi connectivity index (χ0n) is 9.58. The van der Waals surface area contributed by atoms with Gasteiger partial charge in [0.1, 0.15) is 11.9 Å². The van der Waals surface area contributed by atoms with E-state index in [1.807, 2.05) is 30.3 Å². The molecule has 3 unspecified atom stereocenters. The molecule has 0 heterocycles. The lowest BCUT2D eigenvalue weighted by Gasteiger charge is -2.31. The molecule has 1 aromatic carbocycles. The third kappa shape index (κ3) is 2.97. The Labute approximate surface area is 100 Å². The molecule has 1 aliphatic carbocycles. The standard InChI is InChI=1S/C13H17NO3/c14-12-8-10(6-7-11(12)13(15)16)17-9-4-2-1-3-5-9/h1-5,10-12H,6-8,14H2,(H,15,16). The predicted molar refractivity (Wildman–Crippen MR) is 63.8 cm³/mol. The molecule has 2 rings (SSSR count). The molecule has 0 spiro atoms. The van der Waals surface area contributed by atoms with E-state index >= 15 is 0 Å². The largest absolute Gasteiger partial charge is 0.490 e. The van der Waals surface area contributed by atoms with Gasteiger partial charge in [0.15, 0.2) is 0 Å². The van der Waals surface area contributed by atoms with E-state index in [0.29, 0.717) is 12.8 Å². The minimum Gasteiger partial charge on any atom is -0.490 e. The van der Waals surface area contributed by atoms with Crippen LogP contribution in [0, 0.1) is 5.92 Å². The first-order valence-electron chi connectivity index (χ1n) is 5.87. The van der Waals surface area contributed by atoms with Crippen LogP contribution in [0.5, 0.6) is 5.75 Å². The average Bonchev–Trinajstić information content (AvgIpc) is 2.30. The van der Waals surface area contributed by atoms with E-state index in [1.165, 1.54) is 0 Å². The Bertz CT molecular complexity index is 380. The second kappa shape index (κ2) is 5.19. The van der Waals surface area contributed by atoms with E-state index in [-0.39, 0.29) is 12.1 Å². The van der Waals surface area contributed by atoms with E-state index in [4.69, 9.17) is 15.6 Å². The highest BCUT2D eigenvalue weighted by Crippen LogP contribution is 2.27. The molecule has 3 atom stereocenters. The summed E-state index contributed by atoms with van der Waals surface area (Å²) in [6, 6.07) is 9.25. The van der Waals surface area contributed by atoms with E-state index in [1.54, 1.807) is 0 Å². The number of nitrogens with two attached hydrogens (primary N) is 1. The summed E-state index contributed by atoms with van der Waals surface area (Å²) in [6.45, 7) is 0. The Kier molecular flexibility index (Phi) is 3.64. The minimum absolute atomic E-state index is 0.0306. The van der Waals surface area contributed by atoms with Crippen molar-refractivity contribution in [2.45, 2.75) is 31.4 Å². The van der Waals surface area contributed by atoms with Crippen LogP contribution in [-0.4, -0.2) is 23.2 Å². The number of aliphatic carboxylic acids is 1. The van der Waals surface area contributed by atoms with E-state index in [2.05, 4.69) is 0 Å². The number of rotatable bonds is 3. The second-order valence-electron chi connectivity index (χ2n) is 4.47. The summed E-state index contributed by atoms with van der Waals surface area (Å²) in [4.78, 5) is 10.9. The van der Waals surface area contributed by atoms with Gasteiger partial charge < -0.3 is 15.6 Å². The van der Waals surface area contributed by atoms with Crippen LogP contribution < -0.4 is 10.5 Å². The number of carboxylic acid groups (broad SMARTS) is 1. The van der Waals surface area contributed by atoms with Crippen molar-refractivity contribution in [1.29, 1.82) is 0 Å². The third-order valence-corrected chi connectivity index (χ3v) is 3.21. The highest BCUT2D eigenvalue weighted by atomic mass is 16.5. The first-order valence-corrected chi connectivity index (χ1v) is 5.87. The fourth-order valence-electron chi connectivity index (χ4n) is 2.27. The Hall–Kier alpha value is -1.55. The molecule has 1 fully saturated rings. The highest BCUT2D eigenvalue weighted by molar-refractivity contribution is 5.71. The molecule has 0 radical (unpaired) electrons. The molecule has 3 N–H and O–H groups in total. The summed E-state index contributed by atoms with van der Waals surface area (Å²) < 4.78 is 5.78. The fraction of sp³-hybridized carbons (Fsp3) is 0.462. The molecule has 0 bridgehead atoms. The van der Waals surface area contributed by atoms with Gasteiger partial charge in [0.2, 0.25) is 0 Å². The molecule has 92 valence electrons. The van der Waals surface area contributed by atoms with Crippen molar-refractivity contribution < 1.29 is 14.6 Å². The fourth-order valence-corrected chi connectivity index (χ4v) is 2.27. The van der Waals surface area contributed by atoms with Gasteiger partial charge in [-0.3, -0.25) is 4.79 Å². The quantitative estimate of drug-likeness (QED) is 0.835. The van der Waals surface area contributed by atoms with Gasteiger partial charge >= 0.3 is 5.97 Å². The van der Waals surface area contributed by atoms with Gasteiger partial charge in [-0.05, 0) is 25.0 Å². The maximum atomic E-state index is 10.9.